The third kappa shape index (κ3) is 3.64. The molecule has 2 aromatic carbocycles. The van der Waals surface area contributed by atoms with Gasteiger partial charge in [0, 0.05) is 12.2 Å². The molecule has 0 heterocycles. The van der Waals surface area contributed by atoms with Gasteiger partial charge in [-0.15, -0.1) is 0 Å². The predicted molar refractivity (Wildman–Crippen MR) is 78.1 cm³/mol. The highest BCUT2D eigenvalue weighted by Gasteiger charge is 2.20. The van der Waals surface area contributed by atoms with Gasteiger partial charge in [0.25, 0.3) is 5.91 Å². The fourth-order valence-electron chi connectivity index (χ4n) is 2.02. The lowest BCUT2D eigenvalue weighted by atomic mass is 10.1. The Labute approximate surface area is 122 Å². The fraction of sp³-hybridized carbons (Fsp3) is 0.188. The Hall–Kier alpha value is -2.27. The summed E-state index contributed by atoms with van der Waals surface area (Å²) in [5.74, 6) is -1.56. The van der Waals surface area contributed by atoms with Crippen LogP contribution in [-0.2, 0) is 0 Å². The average Bonchev–Trinajstić information content (AvgIpc) is 2.48. The first-order valence-electron chi connectivity index (χ1n) is 6.65. The van der Waals surface area contributed by atoms with E-state index in [4.69, 9.17) is 5.73 Å². The molecule has 5 heteroatoms. The maximum Gasteiger partial charge on any atom is 0.261 e. The third-order valence-corrected chi connectivity index (χ3v) is 3.06. The van der Waals surface area contributed by atoms with E-state index in [0.29, 0.717) is 25.2 Å². The van der Waals surface area contributed by atoms with Gasteiger partial charge in [0.1, 0.15) is 11.6 Å². The van der Waals surface area contributed by atoms with Crippen molar-refractivity contribution in [3.05, 3.63) is 65.7 Å². The first-order valence-corrected chi connectivity index (χ1v) is 6.65. The Balaban J connectivity index is 2.36. The highest BCUT2D eigenvalue weighted by Crippen LogP contribution is 2.20. The van der Waals surface area contributed by atoms with Crippen LogP contribution in [0.1, 0.15) is 16.8 Å². The molecule has 0 saturated carbocycles. The standard InChI is InChI=1S/C16H16F2N2O/c17-12-5-3-6-13(11-12)20(10-4-9-19)16(21)14-7-1-2-8-15(14)18/h1-3,5-8,11H,4,9-10,19H2. The van der Waals surface area contributed by atoms with Crippen LogP contribution in [0.5, 0.6) is 0 Å². The Morgan fingerprint density at radius 3 is 2.52 bits per heavy atom. The summed E-state index contributed by atoms with van der Waals surface area (Å²) < 4.78 is 27.1. The first kappa shape index (κ1) is 15.1. The molecule has 2 N–H and O–H groups in total. The van der Waals surface area contributed by atoms with Crippen molar-refractivity contribution in [3.63, 3.8) is 0 Å². The number of rotatable bonds is 5. The number of amides is 1. The minimum atomic E-state index is -0.600. The average molecular weight is 290 g/mol. The lowest BCUT2D eigenvalue weighted by molar-refractivity contribution is 0.0983. The Morgan fingerprint density at radius 2 is 1.86 bits per heavy atom. The molecule has 0 aromatic heterocycles. The minimum Gasteiger partial charge on any atom is -0.330 e. The molecule has 0 aliphatic carbocycles. The number of nitrogens with zero attached hydrogens (tertiary/aromatic N) is 1. The molecule has 0 fully saturated rings. The van der Waals surface area contributed by atoms with Crippen molar-refractivity contribution in [2.24, 2.45) is 5.73 Å². The van der Waals surface area contributed by atoms with Gasteiger partial charge in [-0.1, -0.05) is 18.2 Å². The second-order valence-corrected chi connectivity index (χ2v) is 4.56. The van der Waals surface area contributed by atoms with Gasteiger partial charge in [-0.05, 0) is 43.3 Å². The second-order valence-electron chi connectivity index (χ2n) is 4.56. The molecule has 21 heavy (non-hydrogen) atoms. The summed E-state index contributed by atoms with van der Waals surface area (Å²) in [6.45, 7) is 0.684. The van der Waals surface area contributed by atoms with Gasteiger partial charge in [-0.3, -0.25) is 4.79 Å². The summed E-state index contributed by atoms with van der Waals surface area (Å²) >= 11 is 0. The minimum absolute atomic E-state index is 0.0428. The van der Waals surface area contributed by atoms with E-state index < -0.39 is 17.5 Å². The van der Waals surface area contributed by atoms with Crippen molar-refractivity contribution in [2.75, 3.05) is 18.0 Å². The van der Waals surface area contributed by atoms with Gasteiger partial charge in [0.15, 0.2) is 0 Å². The molecule has 2 aromatic rings. The molecule has 0 radical (unpaired) electrons. The molecular weight excluding hydrogens is 274 g/mol. The molecule has 0 atom stereocenters. The van der Waals surface area contributed by atoms with E-state index in [2.05, 4.69) is 0 Å². The quantitative estimate of drug-likeness (QED) is 0.920. The zero-order chi connectivity index (χ0) is 15.2. The highest BCUT2D eigenvalue weighted by molar-refractivity contribution is 6.06. The molecule has 110 valence electrons. The Morgan fingerprint density at radius 1 is 1.10 bits per heavy atom. The zero-order valence-corrected chi connectivity index (χ0v) is 11.4. The molecular formula is C16H16F2N2O. The molecule has 2 rings (SSSR count). The molecule has 0 unspecified atom stereocenters. The summed E-state index contributed by atoms with van der Waals surface area (Å²) in [6, 6.07) is 11.4. The van der Waals surface area contributed by atoms with E-state index in [9.17, 15) is 13.6 Å². The molecule has 3 nitrogen and oxygen atoms in total. The van der Waals surface area contributed by atoms with Crippen LogP contribution in [0.3, 0.4) is 0 Å². The van der Waals surface area contributed by atoms with E-state index >= 15 is 0 Å². The maximum absolute atomic E-state index is 13.8. The Kier molecular flexibility index (Phi) is 5.00. The summed E-state index contributed by atoms with van der Waals surface area (Å²) in [6.07, 6.45) is 0.538. The number of carbonyl (C=O) groups excluding carboxylic acids is 1. The normalized spacial score (nSPS) is 10.4. The molecule has 0 saturated heterocycles. The predicted octanol–water partition coefficient (Wildman–Crippen LogP) is 2.96. The van der Waals surface area contributed by atoms with Crippen LogP contribution in [0.15, 0.2) is 48.5 Å². The summed E-state index contributed by atoms with van der Waals surface area (Å²) in [5, 5.41) is 0. The van der Waals surface area contributed by atoms with Crippen LogP contribution in [-0.4, -0.2) is 19.0 Å². The Bertz CT molecular complexity index is 631. The second kappa shape index (κ2) is 6.95. The van der Waals surface area contributed by atoms with E-state index in [1.165, 1.54) is 41.3 Å². The van der Waals surface area contributed by atoms with Gasteiger partial charge in [-0.25, -0.2) is 8.78 Å². The van der Waals surface area contributed by atoms with Crippen LogP contribution in [0.2, 0.25) is 0 Å². The summed E-state index contributed by atoms with van der Waals surface area (Å²) in [5.41, 5.74) is 5.81. The van der Waals surface area contributed by atoms with Gasteiger partial charge in [0.2, 0.25) is 0 Å². The SMILES string of the molecule is NCCCN(C(=O)c1ccccc1F)c1cccc(F)c1. The number of nitrogens with two attached hydrogens (primary N) is 1. The molecule has 0 aliphatic heterocycles. The van der Waals surface area contributed by atoms with Crippen LogP contribution in [0, 0.1) is 11.6 Å². The molecule has 0 bridgehead atoms. The monoisotopic (exact) mass is 290 g/mol. The lowest BCUT2D eigenvalue weighted by Gasteiger charge is -2.23. The van der Waals surface area contributed by atoms with Crippen LogP contribution in [0.25, 0.3) is 0 Å². The van der Waals surface area contributed by atoms with Gasteiger partial charge < -0.3 is 10.6 Å². The smallest absolute Gasteiger partial charge is 0.261 e. The van der Waals surface area contributed by atoms with Crippen molar-refractivity contribution < 1.29 is 13.6 Å². The van der Waals surface area contributed by atoms with Crippen LogP contribution >= 0.6 is 0 Å². The highest BCUT2D eigenvalue weighted by atomic mass is 19.1. The summed E-state index contributed by atoms with van der Waals surface area (Å²) in [4.78, 5) is 13.8. The number of halogens is 2. The van der Waals surface area contributed by atoms with Crippen LogP contribution < -0.4 is 10.6 Å². The third-order valence-electron chi connectivity index (χ3n) is 3.06. The number of hydrogen-bond acceptors (Lipinski definition) is 2. The number of anilines is 1. The number of benzene rings is 2. The number of hydrogen-bond donors (Lipinski definition) is 1. The maximum atomic E-state index is 13.8. The van der Waals surface area contributed by atoms with E-state index in [-0.39, 0.29) is 5.56 Å². The van der Waals surface area contributed by atoms with E-state index in [0.717, 1.165) is 0 Å². The fourth-order valence-corrected chi connectivity index (χ4v) is 2.02. The largest absolute Gasteiger partial charge is 0.330 e. The molecule has 1 amide bonds. The van der Waals surface area contributed by atoms with Crippen molar-refractivity contribution in [3.8, 4) is 0 Å². The topological polar surface area (TPSA) is 46.3 Å². The lowest BCUT2D eigenvalue weighted by Crippen LogP contribution is -2.33. The van der Waals surface area contributed by atoms with Gasteiger partial charge in [-0.2, -0.15) is 0 Å². The molecule has 0 aliphatic rings. The van der Waals surface area contributed by atoms with Crippen molar-refractivity contribution in [1.82, 2.24) is 0 Å². The first-order chi connectivity index (χ1) is 10.1. The molecule has 0 spiro atoms. The van der Waals surface area contributed by atoms with Crippen molar-refractivity contribution >= 4 is 11.6 Å². The van der Waals surface area contributed by atoms with E-state index in [1.807, 2.05) is 0 Å². The van der Waals surface area contributed by atoms with Crippen LogP contribution in [0.4, 0.5) is 14.5 Å². The summed E-state index contributed by atoms with van der Waals surface area (Å²) in [7, 11) is 0. The van der Waals surface area contributed by atoms with Gasteiger partial charge in [0.05, 0.1) is 5.56 Å². The zero-order valence-electron chi connectivity index (χ0n) is 11.4. The van der Waals surface area contributed by atoms with Gasteiger partial charge >= 0.3 is 0 Å². The van der Waals surface area contributed by atoms with Crippen molar-refractivity contribution in [1.29, 1.82) is 0 Å². The number of carbonyl (C=O) groups is 1. The van der Waals surface area contributed by atoms with E-state index in [1.54, 1.807) is 12.1 Å². The van der Waals surface area contributed by atoms with Crippen molar-refractivity contribution in [2.45, 2.75) is 6.42 Å².